The summed E-state index contributed by atoms with van der Waals surface area (Å²) in [5.41, 5.74) is 0.791. The van der Waals surface area contributed by atoms with E-state index in [1.54, 1.807) is 45.2 Å². The minimum absolute atomic E-state index is 0.0923. The molecule has 0 spiro atoms. The summed E-state index contributed by atoms with van der Waals surface area (Å²) in [7, 11) is 1.55. The lowest BCUT2D eigenvalue weighted by Gasteiger charge is -2.08. The van der Waals surface area contributed by atoms with Crippen LogP contribution in [-0.2, 0) is 25.6 Å². The van der Waals surface area contributed by atoms with Gasteiger partial charge in [0.05, 0.1) is 13.2 Å². The van der Waals surface area contributed by atoms with Gasteiger partial charge >= 0.3 is 0 Å². The van der Waals surface area contributed by atoms with Crippen LogP contribution in [-0.4, -0.2) is 49.9 Å². The van der Waals surface area contributed by atoms with Gasteiger partial charge in [-0.3, -0.25) is 19.0 Å². The Kier molecular flexibility index (Phi) is 10.3. The maximum Gasteiger partial charge on any atom is 0.270 e. The van der Waals surface area contributed by atoms with Crippen molar-refractivity contribution >= 4 is 46.3 Å². The number of rotatable bonds is 11. The Labute approximate surface area is 195 Å². The molecule has 0 atom stereocenters. The van der Waals surface area contributed by atoms with Gasteiger partial charge < -0.3 is 25.4 Å². The molecule has 2 rings (SSSR count). The SMILES string of the molecule is CCNC(=O)/C(C#N)=c1\s/c(=C/Nc2cccc(NC(=O)COCCOC)c2)c(=O)n1CC. The maximum atomic E-state index is 12.8. The Bertz CT molecular complexity index is 1190. The van der Waals surface area contributed by atoms with Gasteiger partial charge in [-0.1, -0.05) is 6.07 Å². The van der Waals surface area contributed by atoms with Crippen LogP contribution in [0.4, 0.5) is 11.4 Å². The number of hydrogen-bond acceptors (Lipinski definition) is 8. The van der Waals surface area contributed by atoms with Crippen molar-refractivity contribution in [3.8, 4) is 6.07 Å². The molecule has 0 unspecified atom stereocenters. The number of hydrogen-bond donors (Lipinski definition) is 3. The third-order valence-corrected chi connectivity index (χ3v) is 5.43. The predicted octanol–water partition coefficient (Wildman–Crippen LogP) is 0.192. The lowest BCUT2D eigenvalue weighted by Crippen LogP contribution is -2.34. The molecule has 1 aromatic heterocycles. The topological polar surface area (TPSA) is 134 Å². The molecule has 0 aliphatic carbocycles. The highest BCUT2D eigenvalue weighted by atomic mass is 32.1. The summed E-state index contributed by atoms with van der Waals surface area (Å²) in [5.74, 6) is -0.816. The first-order valence-corrected chi connectivity index (χ1v) is 11.1. The minimum atomic E-state index is -0.516. The molecule has 2 aromatic rings. The van der Waals surface area contributed by atoms with Crippen LogP contribution < -0.4 is 30.7 Å². The summed E-state index contributed by atoms with van der Waals surface area (Å²) in [5, 5.41) is 17.8. The summed E-state index contributed by atoms with van der Waals surface area (Å²) in [6.07, 6.45) is 1.52. The Hall–Kier alpha value is -3.46. The molecule has 176 valence electrons. The number of nitrogens with one attached hydrogen (secondary N) is 3. The van der Waals surface area contributed by atoms with Gasteiger partial charge in [0.1, 0.15) is 21.9 Å². The minimum Gasteiger partial charge on any atom is -0.382 e. The number of aromatic nitrogens is 1. The number of ether oxygens (including phenoxy) is 2. The second kappa shape index (κ2) is 13.2. The smallest absolute Gasteiger partial charge is 0.270 e. The van der Waals surface area contributed by atoms with E-state index in [2.05, 4.69) is 16.0 Å². The first-order chi connectivity index (χ1) is 15.9. The van der Waals surface area contributed by atoms with E-state index >= 15 is 0 Å². The van der Waals surface area contributed by atoms with E-state index in [4.69, 9.17) is 9.47 Å². The van der Waals surface area contributed by atoms with Crippen LogP contribution in [0.1, 0.15) is 13.8 Å². The van der Waals surface area contributed by atoms with Gasteiger partial charge in [0.25, 0.3) is 11.5 Å². The lowest BCUT2D eigenvalue weighted by atomic mass is 10.2. The van der Waals surface area contributed by atoms with E-state index in [0.717, 1.165) is 11.3 Å². The first kappa shape index (κ1) is 25.8. The van der Waals surface area contributed by atoms with Gasteiger partial charge in [0.2, 0.25) is 5.91 Å². The molecule has 0 aliphatic rings. The average molecular weight is 474 g/mol. The van der Waals surface area contributed by atoms with Crippen LogP contribution in [0.25, 0.3) is 11.8 Å². The van der Waals surface area contributed by atoms with Gasteiger partial charge in [-0.15, -0.1) is 11.3 Å². The number of nitriles is 1. The zero-order valence-electron chi connectivity index (χ0n) is 18.8. The Morgan fingerprint density at radius 1 is 1.24 bits per heavy atom. The third kappa shape index (κ3) is 7.28. The number of methoxy groups -OCH3 is 1. The number of thiazole rings is 1. The van der Waals surface area contributed by atoms with Gasteiger partial charge in [-0.05, 0) is 32.0 Å². The monoisotopic (exact) mass is 473 g/mol. The molecule has 11 heteroatoms. The first-order valence-electron chi connectivity index (χ1n) is 10.3. The van der Waals surface area contributed by atoms with Crippen LogP contribution in [0.3, 0.4) is 0 Å². The zero-order chi connectivity index (χ0) is 24.2. The van der Waals surface area contributed by atoms with Crippen LogP contribution in [0.2, 0.25) is 0 Å². The fourth-order valence-corrected chi connectivity index (χ4v) is 3.86. The molecule has 0 radical (unpaired) electrons. The maximum absolute atomic E-state index is 12.8. The highest BCUT2D eigenvalue weighted by Crippen LogP contribution is 2.15. The zero-order valence-corrected chi connectivity index (χ0v) is 19.6. The molecule has 10 nitrogen and oxygen atoms in total. The van der Waals surface area contributed by atoms with Gasteiger partial charge in [-0.2, -0.15) is 5.26 Å². The molecule has 33 heavy (non-hydrogen) atoms. The summed E-state index contributed by atoms with van der Waals surface area (Å²) >= 11 is 1.06. The van der Waals surface area contributed by atoms with Crippen molar-refractivity contribution < 1.29 is 19.1 Å². The summed E-state index contributed by atoms with van der Waals surface area (Å²) in [6.45, 7) is 4.85. The molecule has 0 saturated heterocycles. The van der Waals surface area contributed by atoms with Crippen molar-refractivity contribution in [1.82, 2.24) is 9.88 Å². The van der Waals surface area contributed by atoms with Crippen LogP contribution in [0, 0.1) is 11.3 Å². The molecule has 0 fully saturated rings. The van der Waals surface area contributed by atoms with E-state index < -0.39 is 5.91 Å². The van der Waals surface area contributed by atoms with Crippen molar-refractivity contribution in [2.75, 3.05) is 44.1 Å². The van der Waals surface area contributed by atoms with Crippen LogP contribution in [0.5, 0.6) is 0 Å². The number of carbonyl (C=O) groups is 2. The predicted molar refractivity (Wildman–Crippen MR) is 127 cm³/mol. The lowest BCUT2D eigenvalue weighted by molar-refractivity contribution is -0.121. The van der Waals surface area contributed by atoms with Crippen LogP contribution >= 0.6 is 11.3 Å². The Balaban J connectivity index is 2.25. The second-order valence-electron chi connectivity index (χ2n) is 6.63. The number of amides is 2. The van der Waals surface area contributed by atoms with Crippen molar-refractivity contribution in [2.24, 2.45) is 0 Å². The molecule has 0 bridgehead atoms. The van der Waals surface area contributed by atoms with E-state index in [1.165, 1.54) is 10.8 Å². The average Bonchev–Trinajstić information content (AvgIpc) is 3.11. The van der Waals surface area contributed by atoms with Crippen molar-refractivity contribution in [2.45, 2.75) is 20.4 Å². The summed E-state index contributed by atoms with van der Waals surface area (Å²) < 4.78 is 12.1. The van der Waals surface area contributed by atoms with Gasteiger partial charge in [0.15, 0.2) is 5.57 Å². The number of carbonyl (C=O) groups excluding carboxylic acids is 2. The quantitative estimate of drug-likeness (QED) is 0.397. The van der Waals surface area contributed by atoms with E-state index in [-0.39, 0.29) is 23.6 Å². The second-order valence-corrected chi connectivity index (χ2v) is 7.66. The third-order valence-electron chi connectivity index (χ3n) is 4.30. The van der Waals surface area contributed by atoms with Crippen LogP contribution in [0.15, 0.2) is 29.1 Å². The van der Waals surface area contributed by atoms with E-state index in [9.17, 15) is 19.6 Å². The molecule has 3 N–H and O–H groups in total. The molecular formula is C22H27N5O5S. The molecule has 0 saturated carbocycles. The Morgan fingerprint density at radius 3 is 2.67 bits per heavy atom. The van der Waals surface area contributed by atoms with Crippen molar-refractivity contribution in [3.63, 3.8) is 0 Å². The molecule has 0 aliphatic heterocycles. The van der Waals surface area contributed by atoms with Gasteiger partial charge in [0, 0.05) is 37.8 Å². The number of nitrogens with zero attached hydrogens (tertiary/aromatic N) is 2. The largest absolute Gasteiger partial charge is 0.382 e. The van der Waals surface area contributed by atoms with E-state index in [0.29, 0.717) is 46.9 Å². The summed E-state index contributed by atoms with van der Waals surface area (Å²) in [6, 6.07) is 8.86. The fourth-order valence-electron chi connectivity index (χ4n) is 2.78. The molecule has 1 heterocycles. The standard InChI is InChI=1S/C22H27N5O5S/c1-4-24-20(29)17(12-23)22-27(5-2)21(30)18(33-22)13-25-15-7-6-8-16(11-15)26-19(28)14-32-10-9-31-3/h6-8,11,13,25H,4-5,9-10,14H2,1-3H3,(H,24,29)(H,26,28)/b18-13+,22-17-. The molecule has 1 aromatic carbocycles. The number of anilines is 2. The van der Waals surface area contributed by atoms with E-state index in [1.807, 2.05) is 6.07 Å². The van der Waals surface area contributed by atoms with Crippen molar-refractivity contribution in [3.05, 3.63) is 43.8 Å². The number of benzene rings is 1. The Morgan fingerprint density at radius 2 is 2.00 bits per heavy atom. The fraction of sp³-hybridized carbons (Fsp3) is 0.364. The van der Waals surface area contributed by atoms with Crippen molar-refractivity contribution in [1.29, 1.82) is 5.26 Å². The molecular weight excluding hydrogens is 446 g/mol. The highest BCUT2D eigenvalue weighted by molar-refractivity contribution is 7.07. The highest BCUT2D eigenvalue weighted by Gasteiger charge is 2.14. The molecule has 2 amide bonds. The summed E-state index contributed by atoms with van der Waals surface area (Å²) in [4.78, 5) is 37.0. The normalized spacial score (nSPS) is 12.1. The van der Waals surface area contributed by atoms with Gasteiger partial charge in [-0.25, -0.2) is 0 Å².